The van der Waals surface area contributed by atoms with Crippen molar-refractivity contribution in [3.05, 3.63) is 59.4 Å². The molecular formula is C24H29N3O2. The van der Waals surface area contributed by atoms with Crippen molar-refractivity contribution in [3.63, 3.8) is 0 Å². The van der Waals surface area contributed by atoms with Gasteiger partial charge in [0, 0.05) is 55.2 Å². The third-order valence-corrected chi connectivity index (χ3v) is 7.08. The molecule has 5 rings (SSSR count). The zero-order valence-corrected chi connectivity index (χ0v) is 16.9. The average Bonchev–Trinajstić information content (AvgIpc) is 3.34. The van der Waals surface area contributed by atoms with Gasteiger partial charge in [0.2, 0.25) is 0 Å². The summed E-state index contributed by atoms with van der Waals surface area (Å²) >= 11 is 0. The molecule has 1 aromatic heterocycles. The molecule has 1 aromatic carbocycles. The van der Waals surface area contributed by atoms with Gasteiger partial charge in [0.1, 0.15) is 0 Å². The highest BCUT2D eigenvalue weighted by Crippen LogP contribution is 2.51. The predicted octanol–water partition coefficient (Wildman–Crippen LogP) is 3.51. The van der Waals surface area contributed by atoms with Crippen LogP contribution in [0.4, 0.5) is 5.69 Å². The van der Waals surface area contributed by atoms with Gasteiger partial charge in [0.25, 0.3) is 5.91 Å². The fraction of sp³-hybridized carbons (Fsp3) is 0.500. The number of carbonyl (C=O) groups is 1. The maximum absolute atomic E-state index is 13.1. The van der Waals surface area contributed by atoms with Crippen LogP contribution >= 0.6 is 0 Å². The van der Waals surface area contributed by atoms with E-state index in [-0.39, 0.29) is 17.4 Å². The van der Waals surface area contributed by atoms with Gasteiger partial charge >= 0.3 is 0 Å². The summed E-state index contributed by atoms with van der Waals surface area (Å²) < 4.78 is 0. The number of aliphatic hydroxyl groups is 1. The number of fused-ring (bicyclic) bond motifs is 2. The van der Waals surface area contributed by atoms with Gasteiger partial charge in [-0.3, -0.25) is 9.78 Å². The van der Waals surface area contributed by atoms with Crippen LogP contribution in [-0.2, 0) is 12.0 Å². The molecule has 2 aliphatic heterocycles. The Morgan fingerprint density at radius 2 is 1.83 bits per heavy atom. The fourth-order valence-corrected chi connectivity index (χ4v) is 5.49. The molecule has 29 heavy (non-hydrogen) atoms. The van der Waals surface area contributed by atoms with Crippen LogP contribution in [0.3, 0.4) is 0 Å². The second-order valence-corrected chi connectivity index (χ2v) is 8.95. The quantitative estimate of drug-likeness (QED) is 0.870. The van der Waals surface area contributed by atoms with E-state index < -0.39 is 0 Å². The molecule has 3 aliphatic rings. The van der Waals surface area contributed by atoms with Gasteiger partial charge in [-0.25, -0.2) is 0 Å². The first-order chi connectivity index (χ1) is 14.1. The topological polar surface area (TPSA) is 56.7 Å². The highest BCUT2D eigenvalue weighted by molar-refractivity contribution is 5.95. The Morgan fingerprint density at radius 1 is 1.10 bits per heavy atom. The maximum Gasteiger partial charge on any atom is 0.253 e. The summed E-state index contributed by atoms with van der Waals surface area (Å²) in [7, 11) is 0. The first kappa shape index (κ1) is 18.6. The number of piperidine rings is 1. The van der Waals surface area contributed by atoms with Crippen LogP contribution in [0.5, 0.6) is 0 Å². The van der Waals surface area contributed by atoms with Crippen molar-refractivity contribution in [1.29, 1.82) is 0 Å². The average molecular weight is 392 g/mol. The van der Waals surface area contributed by atoms with E-state index in [9.17, 15) is 9.90 Å². The van der Waals surface area contributed by atoms with Crippen molar-refractivity contribution in [1.82, 2.24) is 9.88 Å². The van der Waals surface area contributed by atoms with E-state index in [1.165, 1.54) is 42.5 Å². The van der Waals surface area contributed by atoms with Crippen LogP contribution in [-0.4, -0.2) is 46.6 Å². The van der Waals surface area contributed by atoms with E-state index in [1.54, 1.807) is 0 Å². The zero-order chi connectivity index (χ0) is 19.8. The van der Waals surface area contributed by atoms with Crippen LogP contribution in [0, 0.1) is 0 Å². The molecule has 1 spiro atoms. The Morgan fingerprint density at radius 3 is 2.55 bits per heavy atom. The molecule has 1 saturated carbocycles. The van der Waals surface area contributed by atoms with Gasteiger partial charge in [-0.1, -0.05) is 12.8 Å². The summed E-state index contributed by atoms with van der Waals surface area (Å²) in [5.74, 6) is 0.112. The number of aromatic nitrogens is 1. The molecule has 0 atom stereocenters. The Hall–Kier alpha value is -2.40. The number of amides is 1. The monoisotopic (exact) mass is 391 g/mol. The Kier molecular flexibility index (Phi) is 4.78. The summed E-state index contributed by atoms with van der Waals surface area (Å²) in [6.45, 7) is 3.22. The zero-order valence-electron chi connectivity index (χ0n) is 16.9. The molecule has 3 heterocycles. The van der Waals surface area contributed by atoms with E-state index >= 15 is 0 Å². The van der Waals surface area contributed by atoms with Crippen LogP contribution in [0.15, 0.2) is 42.7 Å². The summed E-state index contributed by atoms with van der Waals surface area (Å²) in [6, 6.07) is 10.5. The number of rotatable bonds is 3. The van der Waals surface area contributed by atoms with Gasteiger partial charge in [-0.2, -0.15) is 0 Å². The number of anilines is 1. The van der Waals surface area contributed by atoms with E-state index in [2.05, 4.69) is 34.1 Å². The minimum atomic E-state index is -0.262. The van der Waals surface area contributed by atoms with Gasteiger partial charge < -0.3 is 14.9 Å². The Bertz CT molecular complexity index is 884. The van der Waals surface area contributed by atoms with Crippen LogP contribution in [0.25, 0.3) is 0 Å². The van der Waals surface area contributed by atoms with Gasteiger partial charge in [0.05, 0.1) is 6.10 Å². The summed E-state index contributed by atoms with van der Waals surface area (Å²) in [5, 5.41) is 9.75. The van der Waals surface area contributed by atoms with Crippen molar-refractivity contribution in [2.75, 3.05) is 24.5 Å². The van der Waals surface area contributed by atoms with Gasteiger partial charge in [0.15, 0.2) is 0 Å². The second-order valence-electron chi connectivity index (χ2n) is 8.95. The highest BCUT2D eigenvalue weighted by atomic mass is 16.3. The van der Waals surface area contributed by atoms with E-state index in [4.69, 9.17) is 0 Å². The smallest absolute Gasteiger partial charge is 0.253 e. The molecular weight excluding hydrogens is 362 g/mol. The molecule has 1 saturated heterocycles. The summed E-state index contributed by atoms with van der Waals surface area (Å²) in [5.41, 5.74) is 4.92. The summed E-state index contributed by atoms with van der Waals surface area (Å²) in [6.07, 6.45) is 9.77. The first-order valence-electron chi connectivity index (χ1n) is 10.9. The Labute approximate surface area is 172 Å². The number of aliphatic hydroxyl groups excluding tert-OH is 1. The van der Waals surface area contributed by atoms with Crippen molar-refractivity contribution >= 4 is 11.6 Å². The van der Waals surface area contributed by atoms with E-state index in [1.807, 2.05) is 23.4 Å². The third kappa shape index (κ3) is 3.42. The van der Waals surface area contributed by atoms with Crippen LogP contribution in [0.1, 0.15) is 60.0 Å². The molecule has 1 aliphatic carbocycles. The third-order valence-electron chi connectivity index (χ3n) is 7.08. The molecule has 5 heteroatoms. The number of likely N-dealkylation sites (tertiary alicyclic amines) is 1. The lowest BCUT2D eigenvalue weighted by Crippen LogP contribution is -2.40. The van der Waals surface area contributed by atoms with Crippen molar-refractivity contribution in [2.45, 2.75) is 56.6 Å². The number of carbonyl (C=O) groups excluding carboxylic acids is 1. The normalized spacial score (nSPS) is 21.0. The lowest BCUT2D eigenvalue weighted by molar-refractivity contribution is 0.0546. The lowest BCUT2D eigenvalue weighted by atomic mass is 9.80. The van der Waals surface area contributed by atoms with E-state index in [0.29, 0.717) is 25.9 Å². The lowest BCUT2D eigenvalue weighted by Gasteiger charge is -2.30. The molecule has 0 bridgehead atoms. The molecule has 152 valence electrons. The van der Waals surface area contributed by atoms with E-state index in [0.717, 1.165) is 18.7 Å². The molecule has 1 amide bonds. The van der Waals surface area contributed by atoms with Gasteiger partial charge in [-0.05, 0) is 67.1 Å². The highest BCUT2D eigenvalue weighted by Gasteiger charge is 2.44. The molecule has 5 nitrogen and oxygen atoms in total. The first-order valence-corrected chi connectivity index (χ1v) is 10.9. The van der Waals surface area contributed by atoms with Crippen molar-refractivity contribution < 1.29 is 9.90 Å². The van der Waals surface area contributed by atoms with Gasteiger partial charge in [-0.15, -0.1) is 0 Å². The molecule has 1 N–H and O–H groups in total. The summed E-state index contributed by atoms with van der Waals surface area (Å²) in [4.78, 5) is 21.6. The largest absolute Gasteiger partial charge is 0.393 e. The standard InChI is InChI=1S/C24H29N3O2/c28-20-7-13-26(14-8-20)23(29)19-3-4-22-21(15-19)24(9-1-2-10-24)17-27(22)16-18-5-11-25-12-6-18/h3-6,11-12,15,20,28H,1-2,7-10,13-14,16-17H2. The maximum atomic E-state index is 13.1. The predicted molar refractivity (Wildman–Crippen MR) is 113 cm³/mol. The Balaban J connectivity index is 1.44. The molecule has 2 aromatic rings. The number of hydrogen-bond acceptors (Lipinski definition) is 4. The van der Waals surface area contributed by atoms with Crippen molar-refractivity contribution in [2.24, 2.45) is 0 Å². The second kappa shape index (κ2) is 7.45. The van der Waals surface area contributed by atoms with Crippen LogP contribution < -0.4 is 4.90 Å². The molecule has 0 radical (unpaired) electrons. The van der Waals surface area contributed by atoms with Crippen molar-refractivity contribution in [3.8, 4) is 0 Å². The minimum absolute atomic E-state index is 0.112. The number of nitrogens with zero attached hydrogens (tertiary/aromatic N) is 3. The molecule has 0 unspecified atom stereocenters. The number of benzene rings is 1. The number of hydrogen-bond donors (Lipinski definition) is 1. The van der Waals surface area contributed by atoms with Crippen LogP contribution in [0.2, 0.25) is 0 Å². The fourth-order valence-electron chi connectivity index (χ4n) is 5.49. The number of pyridine rings is 1. The SMILES string of the molecule is O=C(c1ccc2c(c1)C1(CCCC1)CN2Cc1ccncc1)N1CCC(O)CC1. The minimum Gasteiger partial charge on any atom is -0.393 e. The molecule has 2 fully saturated rings.